The maximum atomic E-state index is 12.0. The Morgan fingerprint density at radius 3 is 2.87 bits per heavy atom. The Bertz CT molecular complexity index is 671. The zero-order valence-corrected chi connectivity index (χ0v) is 13.6. The van der Waals surface area contributed by atoms with Crippen LogP contribution in [0.2, 0.25) is 0 Å². The zero-order valence-electron chi connectivity index (χ0n) is 13.6. The van der Waals surface area contributed by atoms with Gasteiger partial charge in [0.25, 0.3) is 0 Å². The minimum Gasteiger partial charge on any atom is -0.491 e. The number of amides is 1. The van der Waals surface area contributed by atoms with E-state index >= 15 is 0 Å². The normalized spacial score (nSPS) is 10.3. The second kappa shape index (κ2) is 8.17. The molecule has 0 spiro atoms. The second-order valence-electron chi connectivity index (χ2n) is 5.44. The number of aromatic nitrogens is 1. The van der Waals surface area contributed by atoms with E-state index in [9.17, 15) is 4.79 Å². The molecule has 0 unspecified atom stereocenters. The highest BCUT2D eigenvalue weighted by atomic mass is 16.5. The Hall–Kier alpha value is -2.56. The zero-order chi connectivity index (χ0) is 16.7. The van der Waals surface area contributed by atoms with Crippen LogP contribution in [0.4, 0.5) is 11.5 Å². The standard InChI is InChI=1S/C18H23N3O2/c1-3-11-23-16-8-6-14(12-15(16)19)7-9-17(22)21-18-13(2)5-4-10-20-18/h4-6,8,10,12H,3,7,9,11,19H2,1-2H3,(H,20,21,22). The van der Waals surface area contributed by atoms with E-state index in [0.717, 1.165) is 17.5 Å². The maximum absolute atomic E-state index is 12.0. The second-order valence-corrected chi connectivity index (χ2v) is 5.44. The third-order valence-electron chi connectivity index (χ3n) is 3.44. The van der Waals surface area contributed by atoms with Gasteiger partial charge in [0, 0.05) is 12.6 Å². The molecule has 0 saturated heterocycles. The molecule has 0 saturated carbocycles. The molecule has 2 rings (SSSR count). The van der Waals surface area contributed by atoms with Crippen LogP contribution in [-0.2, 0) is 11.2 Å². The number of carbonyl (C=O) groups excluding carboxylic acids is 1. The lowest BCUT2D eigenvalue weighted by atomic mass is 10.1. The van der Waals surface area contributed by atoms with Crippen LogP contribution in [0.1, 0.15) is 30.9 Å². The van der Waals surface area contributed by atoms with Crippen molar-refractivity contribution in [1.82, 2.24) is 4.98 Å². The van der Waals surface area contributed by atoms with Gasteiger partial charge in [0.05, 0.1) is 12.3 Å². The van der Waals surface area contributed by atoms with Crippen LogP contribution in [0.5, 0.6) is 5.75 Å². The first-order valence-electron chi connectivity index (χ1n) is 7.82. The summed E-state index contributed by atoms with van der Waals surface area (Å²) in [6, 6.07) is 9.43. The van der Waals surface area contributed by atoms with Gasteiger partial charge in [-0.3, -0.25) is 4.79 Å². The predicted molar refractivity (Wildman–Crippen MR) is 92.6 cm³/mol. The van der Waals surface area contributed by atoms with Crippen LogP contribution in [-0.4, -0.2) is 17.5 Å². The highest BCUT2D eigenvalue weighted by molar-refractivity contribution is 5.90. The van der Waals surface area contributed by atoms with E-state index in [2.05, 4.69) is 10.3 Å². The summed E-state index contributed by atoms with van der Waals surface area (Å²) in [6.45, 7) is 4.61. The number of nitrogens with zero attached hydrogens (tertiary/aromatic N) is 1. The van der Waals surface area contributed by atoms with Crippen molar-refractivity contribution in [1.29, 1.82) is 0 Å². The fraction of sp³-hybridized carbons (Fsp3) is 0.333. The Labute approximate surface area is 136 Å². The van der Waals surface area contributed by atoms with Crippen LogP contribution in [0.15, 0.2) is 36.5 Å². The molecular formula is C18H23N3O2. The minimum atomic E-state index is -0.0586. The van der Waals surface area contributed by atoms with Crippen LogP contribution < -0.4 is 15.8 Å². The van der Waals surface area contributed by atoms with Crippen molar-refractivity contribution in [3.05, 3.63) is 47.7 Å². The topological polar surface area (TPSA) is 77.2 Å². The lowest BCUT2D eigenvalue weighted by Crippen LogP contribution is -2.14. The number of rotatable bonds is 7. The van der Waals surface area contributed by atoms with E-state index < -0.39 is 0 Å². The first-order valence-corrected chi connectivity index (χ1v) is 7.82. The third-order valence-corrected chi connectivity index (χ3v) is 3.44. The molecule has 2 aromatic rings. The number of hydrogen-bond acceptors (Lipinski definition) is 4. The lowest BCUT2D eigenvalue weighted by Gasteiger charge is -2.10. The number of anilines is 2. The molecular weight excluding hydrogens is 290 g/mol. The van der Waals surface area contributed by atoms with Gasteiger partial charge in [0.15, 0.2) is 0 Å². The summed E-state index contributed by atoms with van der Waals surface area (Å²) in [6.07, 6.45) is 3.60. The van der Waals surface area contributed by atoms with E-state index in [1.54, 1.807) is 6.20 Å². The van der Waals surface area contributed by atoms with Crippen molar-refractivity contribution < 1.29 is 9.53 Å². The first-order chi connectivity index (χ1) is 11.1. The molecule has 0 fully saturated rings. The number of nitrogen functional groups attached to an aromatic ring is 1. The minimum absolute atomic E-state index is 0.0586. The largest absolute Gasteiger partial charge is 0.491 e. The first kappa shape index (κ1) is 16.8. The van der Waals surface area contributed by atoms with Gasteiger partial charge in [-0.2, -0.15) is 0 Å². The van der Waals surface area contributed by atoms with E-state index in [4.69, 9.17) is 10.5 Å². The van der Waals surface area contributed by atoms with Crippen molar-refractivity contribution in [3.63, 3.8) is 0 Å². The molecule has 0 atom stereocenters. The fourth-order valence-corrected chi connectivity index (χ4v) is 2.17. The Morgan fingerprint density at radius 2 is 2.17 bits per heavy atom. The molecule has 1 aromatic heterocycles. The number of pyridine rings is 1. The van der Waals surface area contributed by atoms with Crippen molar-refractivity contribution in [2.75, 3.05) is 17.7 Å². The summed E-state index contributed by atoms with van der Waals surface area (Å²) in [4.78, 5) is 16.2. The van der Waals surface area contributed by atoms with Crippen molar-refractivity contribution in [2.24, 2.45) is 0 Å². The van der Waals surface area contributed by atoms with E-state index in [-0.39, 0.29) is 5.91 Å². The van der Waals surface area contributed by atoms with Crippen LogP contribution in [0, 0.1) is 6.92 Å². The van der Waals surface area contributed by atoms with Crippen molar-refractivity contribution in [3.8, 4) is 5.75 Å². The average molecular weight is 313 g/mol. The Kier molecular flexibility index (Phi) is 5.97. The van der Waals surface area contributed by atoms with Gasteiger partial charge in [0.2, 0.25) is 5.91 Å². The van der Waals surface area contributed by atoms with Gasteiger partial charge in [-0.15, -0.1) is 0 Å². The molecule has 1 heterocycles. The summed E-state index contributed by atoms with van der Waals surface area (Å²) >= 11 is 0. The number of hydrogen-bond donors (Lipinski definition) is 2. The molecule has 0 aliphatic rings. The Morgan fingerprint density at radius 1 is 1.35 bits per heavy atom. The molecule has 0 bridgehead atoms. The van der Waals surface area contributed by atoms with Crippen molar-refractivity contribution >= 4 is 17.4 Å². The van der Waals surface area contributed by atoms with Crippen molar-refractivity contribution in [2.45, 2.75) is 33.1 Å². The average Bonchev–Trinajstić information content (AvgIpc) is 2.54. The molecule has 1 aromatic carbocycles. The third kappa shape index (κ3) is 4.98. The summed E-state index contributed by atoms with van der Waals surface area (Å²) in [7, 11) is 0. The monoisotopic (exact) mass is 313 g/mol. The number of nitrogens with two attached hydrogens (primary N) is 1. The molecule has 0 aliphatic heterocycles. The van der Waals surface area contributed by atoms with E-state index in [1.807, 2.05) is 44.2 Å². The fourth-order valence-electron chi connectivity index (χ4n) is 2.17. The number of nitrogens with one attached hydrogen (secondary N) is 1. The molecule has 3 N–H and O–H groups in total. The summed E-state index contributed by atoms with van der Waals surface area (Å²) < 4.78 is 5.55. The van der Waals surface area contributed by atoms with Gasteiger partial charge < -0.3 is 15.8 Å². The molecule has 5 heteroatoms. The van der Waals surface area contributed by atoms with Gasteiger partial charge in [-0.1, -0.05) is 19.1 Å². The highest BCUT2D eigenvalue weighted by Gasteiger charge is 2.07. The highest BCUT2D eigenvalue weighted by Crippen LogP contribution is 2.23. The smallest absolute Gasteiger partial charge is 0.225 e. The number of aryl methyl sites for hydroxylation is 2. The summed E-state index contributed by atoms with van der Waals surface area (Å²) in [5, 5.41) is 2.83. The van der Waals surface area contributed by atoms with E-state index in [1.165, 1.54) is 0 Å². The number of ether oxygens (including phenoxy) is 1. The molecule has 23 heavy (non-hydrogen) atoms. The van der Waals surface area contributed by atoms with Gasteiger partial charge in [-0.25, -0.2) is 4.98 Å². The lowest BCUT2D eigenvalue weighted by molar-refractivity contribution is -0.116. The van der Waals surface area contributed by atoms with E-state index in [0.29, 0.717) is 36.7 Å². The summed E-state index contributed by atoms with van der Waals surface area (Å²) in [5.41, 5.74) is 8.54. The van der Waals surface area contributed by atoms with Gasteiger partial charge in [-0.05, 0) is 49.1 Å². The maximum Gasteiger partial charge on any atom is 0.225 e. The molecule has 5 nitrogen and oxygen atoms in total. The molecule has 1 amide bonds. The van der Waals surface area contributed by atoms with Gasteiger partial charge >= 0.3 is 0 Å². The molecule has 122 valence electrons. The predicted octanol–water partition coefficient (Wildman–Crippen LogP) is 3.33. The van der Waals surface area contributed by atoms with Crippen LogP contribution >= 0.6 is 0 Å². The number of benzene rings is 1. The number of carbonyl (C=O) groups is 1. The molecule has 0 aliphatic carbocycles. The van der Waals surface area contributed by atoms with Crippen LogP contribution in [0.3, 0.4) is 0 Å². The molecule has 0 radical (unpaired) electrons. The quantitative estimate of drug-likeness (QED) is 0.769. The Balaban J connectivity index is 1.89. The van der Waals surface area contributed by atoms with Gasteiger partial charge in [0.1, 0.15) is 11.6 Å². The summed E-state index contributed by atoms with van der Waals surface area (Å²) in [5.74, 6) is 1.25. The van der Waals surface area contributed by atoms with Crippen LogP contribution in [0.25, 0.3) is 0 Å². The SMILES string of the molecule is CCCOc1ccc(CCC(=O)Nc2ncccc2C)cc1N.